The molecule has 0 bridgehead atoms. The number of nitrogens with zero attached hydrogens (tertiary/aromatic N) is 1. The number of benzene rings is 1. The average molecular weight is 249 g/mol. The third kappa shape index (κ3) is 4.47. The Morgan fingerprint density at radius 3 is 2.61 bits per heavy atom. The van der Waals surface area contributed by atoms with Gasteiger partial charge in [0.1, 0.15) is 0 Å². The smallest absolute Gasteiger partial charge is 0.251 e. The summed E-state index contributed by atoms with van der Waals surface area (Å²) in [7, 11) is 1.97. The van der Waals surface area contributed by atoms with Gasteiger partial charge in [-0.15, -0.1) is 0 Å². The lowest BCUT2D eigenvalue weighted by atomic mass is 10.1. The van der Waals surface area contributed by atoms with E-state index in [0.29, 0.717) is 0 Å². The van der Waals surface area contributed by atoms with E-state index < -0.39 is 0 Å². The Hall–Kier alpha value is -1.39. The van der Waals surface area contributed by atoms with Crippen LogP contribution >= 0.6 is 0 Å². The molecule has 0 saturated heterocycles. The minimum atomic E-state index is -0.135. The third-order valence-corrected chi connectivity index (χ3v) is 3.14. The molecule has 3 N–H and O–H groups in total. The van der Waals surface area contributed by atoms with Gasteiger partial charge in [-0.25, -0.2) is 5.84 Å². The predicted octanol–water partition coefficient (Wildman–Crippen LogP) is 1.32. The van der Waals surface area contributed by atoms with E-state index in [9.17, 15) is 4.79 Å². The quantitative estimate of drug-likeness (QED) is 0.435. The maximum atomic E-state index is 11.7. The lowest BCUT2D eigenvalue weighted by Gasteiger charge is -2.26. The predicted molar refractivity (Wildman–Crippen MR) is 73.8 cm³/mol. The lowest BCUT2D eigenvalue weighted by Crippen LogP contribution is -2.48. The zero-order chi connectivity index (χ0) is 13.4. The van der Waals surface area contributed by atoms with E-state index in [1.54, 1.807) is 0 Å². The molecule has 0 aliphatic carbocycles. The topological polar surface area (TPSA) is 58.4 Å². The van der Waals surface area contributed by atoms with Crippen LogP contribution in [0.5, 0.6) is 0 Å². The van der Waals surface area contributed by atoms with E-state index >= 15 is 0 Å². The third-order valence-electron chi connectivity index (χ3n) is 3.14. The van der Waals surface area contributed by atoms with Gasteiger partial charge in [-0.3, -0.25) is 15.1 Å². The second-order valence-electron chi connectivity index (χ2n) is 4.53. The molecule has 0 fully saturated rings. The summed E-state index contributed by atoms with van der Waals surface area (Å²) < 4.78 is 0. The largest absolute Gasteiger partial charge is 0.295 e. The monoisotopic (exact) mass is 249 g/mol. The van der Waals surface area contributed by atoms with Crippen molar-refractivity contribution in [3.05, 3.63) is 35.9 Å². The molecule has 0 saturated carbocycles. The minimum Gasteiger partial charge on any atom is -0.295 e. The summed E-state index contributed by atoms with van der Waals surface area (Å²) in [6, 6.07) is 10.1. The molecule has 1 unspecified atom stereocenters. The Balaban J connectivity index is 2.51. The van der Waals surface area contributed by atoms with Gasteiger partial charge in [0, 0.05) is 6.54 Å². The normalized spacial score (nSPS) is 12.4. The molecule has 0 radical (unpaired) electrons. The van der Waals surface area contributed by atoms with Gasteiger partial charge in [-0.05, 0) is 25.5 Å². The van der Waals surface area contributed by atoms with E-state index in [1.807, 2.05) is 25.2 Å². The van der Waals surface area contributed by atoms with Gasteiger partial charge in [0.25, 0.3) is 5.91 Å². The van der Waals surface area contributed by atoms with Crippen molar-refractivity contribution in [2.24, 2.45) is 5.84 Å². The molecular weight excluding hydrogens is 226 g/mol. The first-order chi connectivity index (χ1) is 8.69. The van der Waals surface area contributed by atoms with Crippen LogP contribution in [-0.4, -0.2) is 30.4 Å². The molecular formula is C14H23N3O. The number of carbonyl (C=O) groups is 1. The van der Waals surface area contributed by atoms with E-state index in [0.717, 1.165) is 25.8 Å². The zero-order valence-corrected chi connectivity index (χ0v) is 11.2. The standard InChI is InChI=1S/C14H23N3O/c1-3-7-13(14(18)16-15)17(2)11-10-12-8-5-4-6-9-12/h4-6,8-9,13H,3,7,10-11,15H2,1-2H3,(H,16,18). The van der Waals surface area contributed by atoms with Gasteiger partial charge in [-0.1, -0.05) is 43.7 Å². The number of amides is 1. The van der Waals surface area contributed by atoms with Crippen LogP contribution in [0.25, 0.3) is 0 Å². The van der Waals surface area contributed by atoms with Crippen LogP contribution in [0, 0.1) is 0 Å². The maximum absolute atomic E-state index is 11.7. The van der Waals surface area contributed by atoms with Gasteiger partial charge in [0.15, 0.2) is 0 Å². The molecule has 0 spiro atoms. The molecule has 4 nitrogen and oxygen atoms in total. The SMILES string of the molecule is CCCC(C(=O)NN)N(C)CCc1ccccc1. The lowest BCUT2D eigenvalue weighted by molar-refractivity contribution is -0.126. The van der Waals surface area contributed by atoms with Crippen LogP contribution in [0.3, 0.4) is 0 Å². The molecule has 0 heterocycles. The van der Waals surface area contributed by atoms with E-state index in [-0.39, 0.29) is 11.9 Å². The maximum Gasteiger partial charge on any atom is 0.251 e. The summed E-state index contributed by atoms with van der Waals surface area (Å²) in [5.41, 5.74) is 3.53. The van der Waals surface area contributed by atoms with Gasteiger partial charge < -0.3 is 0 Å². The molecule has 1 aromatic carbocycles. The summed E-state index contributed by atoms with van der Waals surface area (Å²) >= 11 is 0. The number of carbonyl (C=O) groups excluding carboxylic acids is 1. The fourth-order valence-corrected chi connectivity index (χ4v) is 2.03. The average Bonchev–Trinajstić information content (AvgIpc) is 2.42. The van der Waals surface area contributed by atoms with Crippen LogP contribution < -0.4 is 11.3 Å². The van der Waals surface area contributed by atoms with Crippen LogP contribution in [-0.2, 0) is 11.2 Å². The van der Waals surface area contributed by atoms with Crippen LogP contribution in [0.1, 0.15) is 25.3 Å². The number of hydrazine groups is 1. The summed E-state index contributed by atoms with van der Waals surface area (Å²) in [6.45, 7) is 2.92. The number of hydrogen-bond donors (Lipinski definition) is 2. The van der Waals surface area contributed by atoms with E-state index in [4.69, 9.17) is 5.84 Å². The molecule has 1 amide bonds. The van der Waals surface area contributed by atoms with Crippen molar-refractivity contribution in [2.45, 2.75) is 32.2 Å². The summed E-state index contributed by atoms with van der Waals surface area (Å²) in [6.07, 6.45) is 2.73. The minimum absolute atomic E-state index is 0.104. The Labute approximate surface area is 109 Å². The van der Waals surface area contributed by atoms with Crippen molar-refractivity contribution in [1.82, 2.24) is 10.3 Å². The molecule has 1 rings (SSSR count). The molecule has 18 heavy (non-hydrogen) atoms. The molecule has 0 aromatic heterocycles. The van der Waals surface area contributed by atoms with Crippen LogP contribution in [0.15, 0.2) is 30.3 Å². The van der Waals surface area contributed by atoms with Gasteiger partial charge in [0.2, 0.25) is 0 Å². The number of likely N-dealkylation sites (N-methyl/N-ethyl adjacent to an activating group) is 1. The second kappa shape index (κ2) is 7.84. The molecule has 1 aromatic rings. The molecule has 4 heteroatoms. The Bertz CT molecular complexity index is 353. The molecule has 0 aliphatic heterocycles. The van der Waals surface area contributed by atoms with Gasteiger partial charge in [0.05, 0.1) is 6.04 Å². The van der Waals surface area contributed by atoms with Crippen molar-refractivity contribution in [2.75, 3.05) is 13.6 Å². The van der Waals surface area contributed by atoms with E-state index in [1.165, 1.54) is 5.56 Å². The van der Waals surface area contributed by atoms with Crippen molar-refractivity contribution in [1.29, 1.82) is 0 Å². The van der Waals surface area contributed by atoms with Crippen molar-refractivity contribution in [3.8, 4) is 0 Å². The van der Waals surface area contributed by atoms with Gasteiger partial charge in [-0.2, -0.15) is 0 Å². The highest BCUT2D eigenvalue weighted by Crippen LogP contribution is 2.07. The van der Waals surface area contributed by atoms with Crippen molar-refractivity contribution in [3.63, 3.8) is 0 Å². The molecule has 100 valence electrons. The summed E-state index contributed by atoms with van der Waals surface area (Å²) in [4.78, 5) is 13.7. The molecule has 0 aliphatic rings. The summed E-state index contributed by atoms with van der Waals surface area (Å²) in [5, 5.41) is 0. The van der Waals surface area contributed by atoms with Crippen molar-refractivity contribution >= 4 is 5.91 Å². The Morgan fingerprint density at radius 2 is 2.06 bits per heavy atom. The summed E-state index contributed by atoms with van der Waals surface area (Å²) in [5.74, 6) is 5.12. The zero-order valence-electron chi connectivity index (χ0n) is 11.2. The first-order valence-corrected chi connectivity index (χ1v) is 6.43. The number of nitrogens with two attached hydrogens (primary N) is 1. The molecule has 1 atom stereocenters. The Morgan fingerprint density at radius 1 is 1.39 bits per heavy atom. The van der Waals surface area contributed by atoms with E-state index in [2.05, 4.69) is 29.4 Å². The second-order valence-corrected chi connectivity index (χ2v) is 4.53. The highest BCUT2D eigenvalue weighted by Gasteiger charge is 2.20. The fraction of sp³-hybridized carbons (Fsp3) is 0.500. The number of nitrogens with one attached hydrogen (secondary N) is 1. The van der Waals surface area contributed by atoms with Crippen LogP contribution in [0.2, 0.25) is 0 Å². The Kier molecular flexibility index (Phi) is 6.39. The fourth-order valence-electron chi connectivity index (χ4n) is 2.03. The van der Waals surface area contributed by atoms with Crippen molar-refractivity contribution < 1.29 is 4.79 Å². The van der Waals surface area contributed by atoms with Gasteiger partial charge >= 0.3 is 0 Å². The number of rotatable bonds is 7. The van der Waals surface area contributed by atoms with Crippen LogP contribution in [0.4, 0.5) is 0 Å². The number of hydrogen-bond acceptors (Lipinski definition) is 3. The highest BCUT2D eigenvalue weighted by atomic mass is 16.2. The first kappa shape index (κ1) is 14.7. The first-order valence-electron chi connectivity index (χ1n) is 6.43. The highest BCUT2D eigenvalue weighted by molar-refractivity contribution is 5.81.